The third kappa shape index (κ3) is 2.79. The number of ketones is 2. The van der Waals surface area contributed by atoms with Crippen molar-refractivity contribution in [2.75, 3.05) is 6.61 Å². The Hall–Kier alpha value is -1.49. The molecular formula is C24H34O5. The van der Waals surface area contributed by atoms with Crippen molar-refractivity contribution in [2.45, 2.75) is 84.2 Å². The van der Waals surface area contributed by atoms with Crippen molar-refractivity contribution in [1.82, 2.24) is 0 Å². The van der Waals surface area contributed by atoms with Gasteiger partial charge in [0.1, 0.15) is 12.4 Å². The molecule has 5 nitrogen and oxygen atoms in total. The van der Waals surface area contributed by atoms with Gasteiger partial charge >= 0.3 is 5.97 Å². The summed E-state index contributed by atoms with van der Waals surface area (Å²) in [5.74, 6) is 0.731. The smallest absolute Gasteiger partial charge is 0.306 e. The molecule has 29 heavy (non-hydrogen) atoms. The van der Waals surface area contributed by atoms with Crippen LogP contribution in [0.15, 0.2) is 11.6 Å². The molecule has 4 aliphatic carbocycles. The fourth-order valence-corrected chi connectivity index (χ4v) is 7.39. The van der Waals surface area contributed by atoms with Gasteiger partial charge in [-0.3, -0.25) is 14.4 Å². The molecule has 4 rings (SSSR count). The molecule has 0 saturated heterocycles. The van der Waals surface area contributed by atoms with E-state index in [0.717, 1.165) is 25.7 Å². The molecule has 0 bridgehead atoms. The summed E-state index contributed by atoms with van der Waals surface area (Å²) in [4.78, 5) is 37.3. The first-order valence-corrected chi connectivity index (χ1v) is 11.3. The molecule has 0 amide bonds. The molecule has 0 radical (unpaired) electrons. The first kappa shape index (κ1) is 20.8. The number of aliphatic hydroxyl groups is 1. The predicted molar refractivity (Wildman–Crippen MR) is 108 cm³/mol. The summed E-state index contributed by atoms with van der Waals surface area (Å²) in [5, 5.41) is 9.72. The standard InChI is InChI=1S/C24H34O5/c1-4-21(28)29-24(20(27)14-25)12-9-19-17-6-5-15-13-16(26)7-10-22(15,2)18(17)8-11-23(19,24)3/h8,15,17,19,25H,4-7,9-14H2,1-3H3/t15-,17-,19+,22+,23+,24-/m1/s1. The lowest BCUT2D eigenvalue weighted by atomic mass is 9.48. The number of hydrogen-bond donors (Lipinski definition) is 1. The van der Waals surface area contributed by atoms with Crippen LogP contribution in [-0.2, 0) is 19.1 Å². The van der Waals surface area contributed by atoms with E-state index in [2.05, 4.69) is 19.9 Å². The first-order chi connectivity index (χ1) is 13.7. The number of carbonyl (C=O) groups is 3. The van der Waals surface area contributed by atoms with Gasteiger partial charge in [0.15, 0.2) is 5.60 Å². The van der Waals surface area contributed by atoms with E-state index < -0.39 is 17.6 Å². The Morgan fingerprint density at radius 2 is 1.97 bits per heavy atom. The molecule has 3 fully saturated rings. The molecule has 4 aliphatic rings. The third-order valence-corrected chi connectivity index (χ3v) is 9.13. The van der Waals surface area contributed by atoms with E-state index in [9.17, 15) is 19.5 Å². The SMILES string of the molecule is CCC(=O)O[C@@]1(C(=O)CO)CC[C@H]2[C@@H]3CC[C@@H]4CC(=O)CC[C@]4(C)C3=CC[C@@]21C. The van der Waals surface area contributed by atoms with Crippen molar-refractivity contribution in [3.05, 3.63) is 11.6 Å². The minimum atomic E-state index is -1.22. The Bertz CT molecular complexity index is 769. The van der Waals surface area contributed by atoms with E-state index in [4.69, 9.17) is 4.74 Å². The van der Waals surface area contributed by atoms with Gasteiger partial charge in [0.25, 0.3) is 0 Å². The minimum Gasteiger partial charge on any atom is -0.450 e. The Labute approximate surface area is 173 Å². The van der Waals surface area contributed by atoms with Crippen molar-refractivity contribution in [1.29, 1.82) is 0 Å². The van der Waals surface area contributed by atoms with E-state index in [1.165, 1.54) is 5.57 Å². The van der Waals surface area contributed by atoms with Gasteiger partial charge in [-0.25, -0.2) is 0 Å². The number of allylic oxidation sites excluding steroid dienone is 2. The lowest BCUT2D eigenvalue weighted by Crippen LogP contribution is -2.58. The number of carbonyl (C=O) groups excluding carboxylic acids is 3. The molecule has 0 spiro atoms. The van der Waals surface area contributed by atoms with Crippen LogP contribution in [0.1, 0.15) is 78.6 Å². The fraction of sp³-hybridized carbons (Fsp3) is 0.792. The van der Waals surface area contributed by atoms with Crippen LogP contribution in [0, 0.1) is 28.6 Å². The second kappa shape index (κ2) is 7.04. The number of ether oxygens (including phenoxy) is 1. The summed E-state index contributed by atoms with van der Waals surface area (Å²) in [6, 6.07) is 0. The molecule has 0 aliphatic heterocycles. The molecule has 1 N–H and O–H groups in total. The summed E-state index contributed by atoms with van der Waals surface area (Å²) in [6.45, 7) is 5.57. The van der Waals surface area contributed by atoms with Gasteiger partial charge < -0.3 is 9.84 Å². The van der Waals surface area contributed by atoms with Crippen molar-refractivity contribution < 1.29 is 24.2 Å². The summed E-state index contributed by atoms with van der Waals surface area (Å²) in [7, 11) is 0. The Kier molecular flexibility index (Phi) is 5.04. The highest BCUT2D eigenvalue weighted by Gasteiger charge is 2.67. The Morgan fingerprint density at radius 1 is 1.21 bits per heavy atom. The van der Waals surface area contributed by atoms with Crippen molar-refractivity contribution in [2.24, 2.45) is 28.6 Å². The van der Waals surface area contributed by atoms with Crippen molar-refractivity contribution in [3.63, 3.8) is 0 Å². The van der Waals surface area contributed by atoms with Crippen LogP contribution >= 0.6 is 0 Å². The van der Waals surface area contributed by atoms with Gasteiger partial charge in [-0.15, -0.1) is 0 Å². The maximum absolute atomic E-state index is 12.9. The minimum absolute atomic E-state index is 0.0739. The molecule has 160 valence electrons. The van der Waals surface area contributed by atoms with E-state index in [-0.39, 0.29) is 29.5 Å². The lowest BCUT2D eigenvalue weighted by molar-refractivity contribution is -0.184. The van der Waals surface area contributed by atoms with Crippen molar-refractivity contribution >= 4 is 17.5 Å². The van der Waals surface area contributed by atoms with E-state index in [1.807, 2.05) is 0 Å². The zero-order chi connectivity index (χ0) is 21.0. The maximum Gasteiger partial charge on any atom is 0.306 e. The highest BCUT2D eigenvalue weighted by molar-refractivity contribution is 5.92. The molecular weight excluding hydrogens is 368 g/mol. The number of hydrogen-bond acceptors (Lipinski definition) is 5. The van der Waals surface area contributed by atoms with Crippen LogP contribution in [0.2, 0.25) is 0 Å². The van der Waals surface area contributed by atoms with E-state index in [0.29, 0.717) is 43.3 Å². The Morgan fingerprint density at radius 3 is 2.66 bits per heavy atom. The van der Waals surface area contributed by atoms with Gasteiger partial charge in [-0.1, -0.05) is 32.4 Å². The lowest BCUT2D eigenvalue weighted by Gasteiger charge is -2.56. The average molecular weight is 403 g/mol. The number of Topliss-reactive ketones (excluding diaryl/α,β-unsaturated/α-hetero) is 2. The van der Waals surface area contributed by atoms with Crippen LogP contribution in [0.5, 0.6) is 0 Å². The fourth-order valence-electron chi connectivity index (χ4n) is 7.39. The second-order valence-corrected chi connectivity index (χ2v) is 10.2. The molecule has 0 aromatic heterocycles. The van der Waals surface area contributed by atoms with E-state index in [1.54, 1.807) is 6.92 Å². The van der Waals surface area contributed by atoms with E-state index >= 15 is 0 Å². The predicted octanol–water partition coefficient (Wildman–Crippen LogP) is 3.77. The molecule has 0 heterocycles. The highest BCUT2D eigenvalue weighted by atomic mass is 16.6. The molecule has 0 aromatic carbocycles. The molecule has 0 aromatic rings. The second-order valence-electron chi connectivity index (χ2n) is 10.2. The monoisotopic (exact) mass is 402 g/mol. The molecule has 3 saturated carbocycles. The summed E-state index contributed by atoms with van der Waals surface area (Å²) < 4.78 is 5.88. The normalized spacial score (nSPS) is 43.7. The third-order valence-electron chi connectivity index (χ3n) is 9.13. The van der Waals surface area contributed by atoms with Gasteiger partial charge in [0.2, 0.25) is 5.78 Å². The summed E-state index contributed by atoms with van der Waals surface area (Å²) in [5.41, 5.74) is -0.149. The quantitative estimate of drug-likeness (QED) is 0.572. The molecule has 5 heteroatoms. The van der Waals surface area contributed by atoms with Crippen LogP contribution in [0.25, 0.3) is 0 Å². The topological polar surface area (TPSA) is 80.7 Å². The first-order valence-electron chi connectivity index (χ1n) is 11.3. The van der Waals surface area contributed by atoms with Crippen LogP contribution in [0.4, 0.5) is 0 Å². The highest BCUT2D eigenvalue weighted by Crippen LogP contribution is 2.67. The van der Waals surface area contributed by atoms with Crippen LogP contribution in [0.3, 0.4) is 0 Å². The molecule has 6 atom stereocenters. The molecule has 0 unspecified atom stereocenters. The number of aliphatic hydroxyl groups excluding tert-OH is 1. The van der Waals surface area contributed by atoms with Crippen LogP contribution < -0.4 is 0 Å². The maximum atomic E-state index is 12.9. The number of fused-ring (bicyclic) bond motifs is 5. The van der Waals surface area contributed by atoms with Gasteiger partial charge in [-0.05, 0) is 61.7 Å². The summed E-state index contributed by atoms with van der Waals surface area (Å²) in [6.07, 6.45) is 8.92. The zero-order valence-corrected chi connectivity index (χ0v) is 18.0. The number of rotatable bonds is 4. The van der Waals surface area contributed by atoms with Gasteiger partial charge in [-0.2, -0.15) is 0 Å². The van der Waals surface area contributed by atoms with Crippen LogP contribution in [-0.4, -0.2) is 34.9 Å². The van der Waals surface area contributed by atoms with Gasteiger partial charge in [0.05, 0.1) is 0 Å². The Balaban J connectivity index is 1.73. The zero-order valence-electron chi connectivity index (χ0n) is 18.0. The summed E-state index contributed by atoms with van der Waals surface area (Å²) >= 11 is 0. The largest absolute Gasteiger partial charge is 0.450 e. The number of esters is 1. The van der Waals surface area contributed by atoms with Crippen molar-refractivity contribution in [3.8, 4) is 0 Å². The average Bonchev–Trinajstić information content (AvgIpc) is 3.01. The van der Waals surface area contributed by atoms with Gasteiger partial charge in [0, 0.05) is 24.7 Å².